The SMILES string of the molecule is CC1CCC(=O)N(CC(=O)Nc2cc(N)ccc2Cl)CC1. The quantitative estimate of drug-likeness (QED) is 0.842. The van der Waals surface area contributed by atoms with E-state index in [-0.39, 0.29) is 18.4 Å². The van der Waals surface area contributed by atoms with Crippen LogP contribution in [0.1, 0.15) is 26.2 Å². The predicted octanol–water partition coefficient (Wildman–Crippen LogP) is 2.51. The highest BCUT2D eigenvalue weighted by atomic mass is 35.5. The van der Waals surface area contributed by atoms with E-state index in [1.54, 1.807) is 23.1 Å². The Morgan fingerprint density at radius 3 is 3.00 bits per heavy atom. The third kappa shape index (κ3) is 4.36. The van der Waals surface area contributed by atoms with Crippen LogP contribution in [-0.2, 0) is 9.59 Å². The summed E-state index contributed by atoms with van der Waals surface area (Å²) in [5.41, 5.74) is 6.66. The Balaban J connectivity index is 1.97. The molecule has 114 valence electrons. The molecule has 1 aromatic rings. The average molecular weight is 310 g/mol. The summed E-state index contributed by atoms with van der Waals surface area (Å²) in [6.07, 6.45) is 2.32. The molecular formula is C15H20ClN3O2. The van der Waals surface area contributed by atoms with Gasteiger partial charge in [-0.25, -0.2) is 0 Å². The molecule has 0 aliphatic carbocycles. The summed E-state index contributed by atoms with van der Waals surface area (Å²) < 4.78 is 0. The lowest BCUT2D eigenvalue weighted by atomic mass is 10.0. The van der Waals surface area contributed by atoms with Crippen molar-refractivity contribution in [1.29, 1.82) is 0 Å². The minimum atomic E-state index is -0.259. The molecule has 1 aliphatic heterocycles. The number of carbonyl (C=O) groups is 2. The lowest BCUT2D eigenvalue weighted by molar-refractivity contribution is -0.134. The molecule has 1 heterocycles. The van der Waals surface area contributed by atoms with Gasteiger partial charge in [-0.2, -0.15) is 0 Å². The molecule has 0 aromatic heterocycles. The van der Waals surface area contributed by atoms with Gasteiger partial charge in [0.05, 0.1) is 17.3 Å². The summed E-state index contributed by atoms with van der Waals surface area (Å²) in [5, 5.41) is 3.13. The van der Waals surface area contributed by atoms with Crippen LogP contribution in [0.2, 0.25) is 5.02 Å². The second kappa shape index (κ2) is 6.80. The van der Waals surface area contributed by atoms with Gasteiger partial charge in [-0.1, -0.05) is 18.5 Å². The van der Waals surface area contributed by atoms with Crippen LogP contribution in [-0.4, -0.2) is 29.8 Å². The largest absolute Gasteiger partial charge is 0.399 e. The number of anilines is 2. The molecule has 0 radical (unpaired) electrons. The number of amides is 2. The molecule has 5 nitrogen and oxygen atoms in total. The molecule has 1 fully saturated rings. The molecule has 2 amide bonds. The zero-order valence-corrected chi connectivity index (χ0v) is 12.8. The number of nitrogens with one attached hydrogen (secondary N) is 1. The second-order valence-corrected chi connectivity index (χ2v) is 5.94. The van der Waals surface area contributed by atoms with Crippen molar-refractivity contribution in [2.24, 2.45) is 5.92 Å². The zero-order valence-electron chi connectivity index (χ0n) is 12.1. The number of nitrogens with two attached hydrogens (primary N) is 1. The van der Waals surface area contributed by atoms with E-state index in [1.807, 2.05) is 0 Å². The van der Waals surface area contributed by atoms with Crippen LogP contribution in [0.3, 0.4) is 0 Å². The maximum atomic E-state index is 12.1. The highest BCUT2D eigenvalue weighted by Gasteiger charge is 2.22. The summed E-state index contributed by atoms with van der Waals surface area (Å²) in [6.45, 7) is 2.80. The minimum absolute atomic E-state index is 0.0353. The van der Waals surface area contributed by atoms with E-state index in [0.29, 0.717) is 35.3 Å². The molecule has 0 spiro atoms. The van der Waals surface area contributed by atoms with E-state index < -0.39 is 0 Å². The highest BCUT2D eigenvalue weighted by molar-refractivity contribution is 6.33. The van der Waals surface area contributed by atoms with Crippen molar-refractivity contribution in [1.82, 2.24) is 4.90 Å². The zero-order chi connectivity index (χ0) is 15.4. The Kier molecular flexibility index (Phi) is 5.07. The van der Waals surface area contributed by atoms with Crippen LogP contribution < -0.4 is 11.1 Å². The molecule has 1 saturated heterocycles. The van der Waals surface area contributed by atoms with E-state index in [0.717, 1.165) is 12.8 Å². The van der Waals surface area contributed by atoms with Crippen molar-refractivity contribution < 1.29 is 9.59 Å². The van der Waals surface area contributed by atoms with Crippen molar-refractivity contribution in [2.75, 3.05) is 24.1 Å². The number of benzene rings is 1. The van der Waals surface area contributed by atoms with Crippen molar-refractivity contribution in [2.45, 2.75) is 26.2 Å². The maximum Gasteiger partial charge on any atom is 0.244 e. The molecule has 1 aliphatic rings. The molecule has 1 atom stereocenters. The van der Waals surface area contributed by atoms with Gasteiger partial charge in [-0.3, -0.25) is 9.59 Å². The van der Waals surface area contributed by atoms with E-state index in [2.05, 4.69) is 12.2 Å². The Morgan fingerprint density at radius 2 is 2.24 bits per heavy atom. The van der Waals surface area contributed by atoms with E-state index in [1.165, 1.54) is 0 Å². The van der Waals surface area contributed by atoms with Gasteiger partial charge >= 0.3 is 0 Å². The minimum Gasteiger partial charge on any atom is -0.399 e. The van der Waals surface area contributed by atoms with Crippen LogP contribution in [0, 0.1) is 5.92 Å². The van der Waals surface area contributed by atoms with Crippen molar-refractivity contribution in [3.05, 3.63) is 23.2 Å². The highest BCUT2D eigenvalue weighted by Crippen LogP contribution is 2.24. The molecule has 1 aromatic carbocycles. The molecule has 3 N–H and O–H groups in total. The topological polar surface area (TPSA) is 75.4 Å². The van der Waals surface area contributed by atoms with Gasteiger partial charge in [0, 0.05) is 18.7 Å². The maximum absolute atomic E-state index is 12.1. The number of carbonyl (C=O) groups excluding carboxylic acids is 2. The van der Waals surface area contributed by atoms with Gasteiger partial charge in [0.15, 0.2) is 0 Å². The Bertz CT molecular complexity index is 548. The number of likely N-dealkylation sites (tertiary alicyclic amines) is 1. The lowest BCUT2D eigenvalue weighted by Crippen LogP contribution is -2.37. The number of nitrogen functional groups attached to an aromatic ring is 1. The summed E-state index contributed by atoms with van der Waals surface area (Å²) in [6, 6.07) is 4.90. The standard InChI is InChI=1S/C15H20ClN3O2/c1-10-2-5-15(21)19(7-6-10)9-14(20)18-13-8-11(17)3-4-12(13)16/h3-4,8,10H,2,5-7,9,17H2,1H3,(H,18,20). The fourth-order valence-electron chi connectivity index (χ4n) is 2.34. The van der Waals surface area contributed by atoms with Gasteiger partial charge in [0.25, 0.3) is 0 Å². The Hall–Kier alpha value is -1.75. The molecule has 6 heteroatoms. The Morgan fingerprint density at radius 1 is 1.48 bits per heavy atom. The molecule has 21 heavy (non-hydrogen) atoms. The van der Waals surface area contributed by atoms with Gasteiger partial charge in [-0.05, 0) is 37.0 Å². The van der Waals surface area contributed by atoms with Gasteiger partial charge in [-0.15, -0.1) is 0 Å². The third-order valence-electron chi connectivity index (χ3n) is 3.69. The monoisotopic (exact) mass is 309 g/mol. The first kappa shape index (κ1) is 15.6. The lowest BCUT2D eigenvalue weighted by Gasteiger charge is -2.20. The van der Waals surface area contributed by atoms with Crippen LogP contribution in [0.25, 0.3) is 0 Å². The summed E-state index contributed by atoms with van der Waals surface area (Å²) in [4.78, 5) is 25.7. The van der Waals surface area contributed by atoms with Crippen molar-refractivity contribution >= 4 is 34.8 Å². The molecule has 0 bridgehead atoms. The van der Waals surface area contributed by atoms with E-state index in [4.69, 9.17) is 17.3 Å². The molecule has 1 unspecified atom stereocenters. The van der Waals surface area contributed by atoms with Crippen LogP contribution in [0.4, 0.5) is 11.4 Å². The normalized spacial score (nSPS) is 19.2. The summed E-state index contributed by atoms with van der Waals surface area (Å²) >= 11 is 6.01. The van der Waals surface area contributed by atoms with Crippen LogP contribution in [0.15, 0.2) is 18.2 Å². The summed E-state index contributed by atoms with van der Waals surface area (Å²) in [5.74, 6) is 0.295. The number of hydrogen-bond acceptors (Lipinski definition) is 3. The number of rotatable bonds is 3. The van der Waals surface area contributed by atoms with Gasteiger partial charge < -0.3 is 16.0 Å². The summed E-state index contributed by atoms with van der Waals surface area (Å²) in [7, 11) is 0. The average Bonchev–Trinajstić information content (AvgIpc) is 2.58. The van der Waals surface area contributed by atoms with Crippen LogP contribution >= 0.6 is 11.6 Å². The van der Waals surface area contributed by atoms with Gasteiger partial charge in [0.2, 0.25) is 11.8 Å². The van der Waals surface area contributed by atoms with E-state index >= 15 is 0 Å². The van der Waals surface area contributed by atoms with E-state index in [9.17, 15) is 9.59 Å². The molecular weight excluding hydrogens is 290 g/mol. The molecule has 2 rings (SSSR count). The van der Waals surface area contributed by atoms with Gasteiger partial charge in [0.1, 0.15) is 0 Å². The first-order valence-corrected chi connectivity index (χ1v) is 7.46. The number of nitrogens with zero attached hydrogens (tertiary/aromatic N) is 1. The first-order chi connectivity index (χ1) is 9.95. The first-order valence-electron chi connectivity index (χ1n) is 7.08. The predicted molar refractivity (Wildman–Crippen MR) is 84.1 cm³/mol. The molecule has 0 saturated carbocycles. The smallest absolute Gasteiger partial charge is 0.244 e. The Labute approximate surface area is 129 Å². The third-order valence-corrected chi connectivity index (χ3v) is 4.02. The second-order valence-electron chi connectivity index (χ2n) is 5.54. The number of hydrogen-bond donors (Lipinski definition) is 2. The fraction of sp³-hybridized carbons (Fsp3) is 0.467. The number of halogens is 1. The van der Waals surface area contributed by atoms with Crippen molar-refractivity contribution in [3.63, 3.8) is 0 Å². The van der Waals surface area contributed by atoms with Crippen LogP contribution in [0.5, 0.6) is 0 Å². The van der Waals surface area contributed by atoms with Crippen molar-refractivity contribution in [3.8, 4) is 0 Å². The fourth-order valence-corrected chi connectivity index (χ4v) is 2.51.